The predicted molar refractivity (Wildman–Crippen MR) is 73.6 cm³/mol. The van der Waals surface area contributed by atoms with Gasteiger partial charge in [-0.15, -0.1) is 0 Å². The molecule has 0 bridgehead atoms. The number of hydrogen-bond donors (Lipinski definition) is 1. The summed E-state index contributed by atoms with van der Waals surface area (Å²) in [6.45, 7) is 4.28. The monoisotopic (exact) mass is 301 g/mol. The summed E-state index contributed by atoms with van der Waals surface area (Å²) in [5.74, 6) is 1.84. The largest absolute Gasteiger partial charge is 0.493 e. The van der Waals surface area contributed by atoms with Crippen molar-refractivity contribution in [1.82, 2.24) is 0 Å². The van der Waals surface area contributed by atoms with Crippen LogP contribution in [-0.4, -0.2) is 14.2 Å². The first kappa shape index (κ1) is 14.3. The molecule has 1 aromatic rings. The Hall–Kier alpha value is -0.740. The van der Waals surface area contributed by atoms with Gasteiger partial charge in [0.15, 0.2) is 11.5 Å². The maximum Gasteiger partial charge on any atom is 0.161 e. The van der Waals surface area contributed by atoms with Gasteiger partial charge in [-0.2, -0.15) is 0 Å². The van der Waals surface area contributed by atoms with Crippen LogP contribution in [0.15, 0.2) is 16.6 Å². The molecule has 17 heavy (non-hydrogen) atoms. The molecule has 2 N–H and O–H groups in total. The fraction of sp³-hybridized carbons (Fsp3) is 0.538. The van der Waals surface area contributed by atoms with E-state index in [4.69, 9.17) is 15.2 Å². The van der Waals surface area contributed by atoms with Gasteiger partial charge in [0.2, 0.25) is 0 Å². The molecule has 0 aromatic heterocycles. The number of hydrogen-bond acceptors (Lipinski definition) is 3. The number of rotatable bonds is 5. The van der Waals surface area contributed by atoms with Crippen molar-refractivity contribution in [2.45, 2.75) is 26.3 Å². The molecule has 0 fully saturated rings. The quantitative estimate of drug-likeness (QED) is 0.905. The average Bonchev–Trinajstić information content (AvgIpc) is 2.36. The normalized spacial score (nSPS) is 14.2. The summed E-state index contributed by atoms with van der Waals surface area (Å²) in [5, 5.41) is 0. The second-order valence-electron chi connectivity index (χ2n) is 4.14. The highest BCUT2D eigenvalue weighted by molar-refractivity contribution is 9.10. The minimum Gasteiger partial charge on any atom is -0.493 e. The van der Waals surface area contributed by atoms with Crippen LogP contribution in [0.2, 0.25) is 0 Å². The molecule has 0 aliphatic heterocycles. The highest BCUT2D eigenvalue weighted by atomic mass is 79.9. The molecule has 2 atom stereocenters. The van der Waals surface area contributed by atoms with E-state index in [0.717, 1.165) is 16.5 Å². The lowest BCUT2D eigenvalue weighted by Crippen LogP contribution is -2.19. The highest BCUT2D eigenvalue weighted by Crippen LogP contribution is 2.37. The van der Waals surface area contributed by atoms with Gasteiger partial charge in [0.1, 0.15) is 0 Å². The fourth-order valence-corrected chi connectivity index (χ4v) is 2.27. The van der Waals surface area contributed by atoms with E-state index in [-0.39, 0.29) is 6.04 Å². The zero-order valence-electron chi connectivity index (χ0n) is 10.8. The van der Waals surface area contributed by atoms with Crippen molar-refractivity contribution in [3.8, 4) is 11.5 Å². The van der Waals surface area contributed by atoms with Gasteiger partial charge in [-0.3, -0.25) is 0 Å². The molecule has 1 unspecified atom stereocenters. The smallest absolute Gasteiger partial charge is 0.161 e. The molecule has 0 aliphatic rings. The van der Waals surface area contributed by atoms with Gasteiger partial charge < -0.3 is 15.2 Å². The molecule has 1 aromatic carbocycles. The first-order valence-corrected chi connectivity index (χ1v) is 6.51. The Kier molecular flexibility index (Phi) is 5.28. The van der Waals surface area contributed by atoms with Crippen molar-refractivity contribution < 1.29 is 9.47 Å². The van der Waals surface area contributed by atoms with Crippen LogP contribution < -0.4 is 15.2 Å². The number of methoxy groups -OCH3 is 2. The van der Waals surface area contributed by atoms with Gasteiger partial charge >= 0.3 is 0 Å². The van der Waals surface area contributed by atoms with E-state index in [0.29, 0.717) is 17.4 Å². The molecule has 0 aliphatic carbocycles. The molecular weight excluding hydrogens is 282 g/mol. The Bertz CT molecular complexity index is 382. The summed E-state index contributed by atoms with van der Waals surface area (Å²) >= 11 is 3.53. The van der Waals surface area contributed by atoms with Crippen molar-refractivity contribution in [2.75, 3.05) is 14.2 Å². The summed E-state index contributed by atoms with van der Waals surface area (Å²) in [4.78, 5) is 0. The van der Waals surface area contributed by atoms with E-state index in [9.17, 15) is 0 Å². The SMILES string of the molecule is CCC(C)[C@H](N)c1cc(OC)c(OC)cc1Br. The predicted octanol–water partition coefficient (Wildman–Crippen LogP) is 3.51. The van der Waals surface area contributed by atoms with E-state index in [1.165, 1.54) is 0 Å². The molecule has 0 amide bonds. The number of halogens is 1. The summed E-state index contributed by atoms with van der Waals surface area (Å²) in [6, 6.07) is 3.84. The lowest BCUT2D eigenvalue weighted by molar-refractivity contribution is 0.352. The molecule has 0 saturated carbocycles. The summed E-state index contributed by atoms with van der Waals surface area (Å²) < 4.78 is 11.5. The van der Waals surface area contributed by atoms with Gasteiger partial charge in [-0.25, -0.2) is 0 Å². The average molecular weight is 302 g/mol. The highest BCUT2D eigenvalue weighted by Gasteiger charge is 2.18. The zero-order chi connectivity index (χ0) is 13.0. The molecular formula is C13H20BrNO2. The van der Waals surface area contributed by atoms with Crippen molar-refractivity contribution in [3.05, 3.63) is 22.2 Å². The third-order valence-corrected chi connectivity index (χ3v) is 3.81. The van der Waals surface area contributed by atoms with E-state index < -0.39 is 0 Å². The third kappa shape index (κ3) is 3.13. The lowest BCUT2D eigenvalue weighted by atomic mass is 9.93. The molecule has 0 saturated heterocycles. The van der Waals surface area contributed by atoms with Gasteiger partial charge in [0.05, 0.1) is 14.2 Å². The number of benzene rings is 1. The molecule has 3 nitrogen and oxygen atoms in total. The zero-order valence-corrected chi connectivity index (χ0v) is 12.4. The van der Waals surface area contributed by atoms with Crippen LogP contribution in [0, 0.1) is 5.92 Å². The Morgan fingerprint density at radius 1 is 1.24 bits per heavy atom. The second kappa shape index (κ2) is 6.26. The molecule has 4 heteroatoms. The van der Waals surface area contributed by atoms with Gasteiger partial charge in [0.25, 0.3) is 0 Å². The first-order chi connectivity index (χ1) is 8.04. The lowest BCUT2D eigenvalue weighted by Gasteiger charge is -2.21. The molecule has 1 rings (SSSR count). The van der Waals surface area contributed by atoms with Gasteiger partial charge in [-0.1, -0.05) is 36.2 Å². The van der Waals surface area contributed by atoms with Crippen LogP contribution in [0.5, 0.6) is 11.5 Å². The molecule has 0 spiro atoms. The number of ether oxygens (including phenoxy) is 2. The van der Waals surface area contributed by atoms with Gasteiger partial charge in [-0.05, 0) is 23.6 Å². The van der Waals surface area contributed by atoms with Crippen LogP contribution in [0.25, 0.3) is 0 Å². The van der Waals surface area contributed by atoms with Gasteiger partial charge in [0, 0.05) is 10.5 Å². The minimum absolute atomic E-state index is 0.00539. The van der Waals surface area contributed by atoms with Crippen LogP contribution in [0.4, 0.5) is 0 Å². The third-order valence-electron chi connectivity index (χ3n) is 3.12. The fourth-order valence-electron chi connectivity index (χ4n) is 1.69. The first-order valence-electron chi connectivity index (χ1n) is 5.72. The van der Waals surface area contributed by atoms with Crippen LogP contribution in [-0.2, 0) is 0 Å². The van der Waals surface area contributed by atoms with Crippen LogP contribution >= 0.6 is 15.9 Å². The Balaban J connectivity index is 3.16. The van der Waals surface area contributed by atoms with Crippen molar-refractivity contribution >= 4 is 15.9 Å². The second-order valence-corrected chi connectivity index (χ2v) is 4.99. The van der Waals surface area contributed by atoms with E-state index in [2.05, 4.69) is 29.8 Å². The van der Waals surface area contributed by atoms with Crippen molar-refractivity contribution in [3.63, 3.8) is 0 Å². The standard InChI is InChI=1S/C13H20BrNO2/c1-5-8(2)13(15)9-6-11(16-3)12(17-4)7-10(9)14/h6-8,13H,5,15H2,1-4H3/t8?,13-/m0/s1. The molecule has 0 radical (unpaired) electrons. The molecule has 0 heterocycles. The number of nitrogens with two attached hydrogens (primary N) is 1. The Morgan fingerprint density at radius 3 is 2.24 bits per heavy atom. The maximum absolute atomic E-state index is 6.24. The summed E-state index contributed by atoms with van der Waals surface area (Å²) in [5.41, 5.74) is 7.29. The Morgan fingerprint density at radius 2 is 1.76 bits per heavy atom. The minimum atomic E-state index is -0.00539. The van der Waals surface area contributed by atoms with E-state index in [1.54, 1.807) is 14.2 Å². The Labute approximate surface area is 111 Å². The summed E-state index contributed by atoms with van der Waals surface area (Å²) in [6.07, 6.45) is 1.04. The molecule has 96 valence electrons. The topological polar surface area (TPSA) is 44.5 Å². The van der Waals surface area contributed by atoms with Crippen molar-refractivity contribution in [1.29, 1.82) is 0 Å². The van der Waals surface area contributed by atoms with Crippen LogP contribution in [0.1, 0.15) is 31.9 Å². The van der Waals surface area contributed by atoms with Crippen LogP contribution in [0.3, 0.4) is 0 Å². The van der Waals surface area contributed by atoms with E-state index >= 15 is 0 Å². The van der Waals surface area contributed by atoms with E-state index in [1.807, 2.05) is 12.1 Å². The summed E-state index contributed by atoms with van der Waals surface area (Å²) in [7, 11) is 3.25. The van der Waals surface area contributed by atoms with Crippen molar-refractivity contribution in [2.24, 2.45) is 11.7 Å². The maximum atomic E-state index is 6.24.